The first-order valence-corrected chi connectivity index (χ1v) is 19.2. The molecule has 52 heavy (non-hydrogen) atoms. The van der Waals surface area contributed by atoms with Gasteiger partial charge >= 0.3 is 12.2 Å². The maximum absolute atomic E-state index is 13.4. The third-order valence-electron chi connectivity index (χ3n) is 11.9. The lowest BCUT2D eigenvalue weighted by atomic mass is 9.96. The number of carbonyl (C=O) groups excluding carboxylic acids is 2. The molecular formula is C42H50N6O4. The van der Waals surface area contributed by atoms with Gasteiger partial charge in [0.15, 0.2) is 0 Å². The number of likely N-dealkylation sites (tertiary alicyclic amines) is 2. The van der Waals surface area contributed by atoms with E-state index in [1.807, 2.05) is 63.7 Å². The van der Waals surface area contributed by atoms with E-state index >= 15 is 0 Å². The standard InChI is InChI=1S/C42H50N6O4/c1-41(2,3)51-39(49)47-33-11-7-9-25(33)19-35(47)37-43-21-31(45-37)23-13-15-27-29(17-23)28-16-14-24(18-30(27)28)32-22-44-38(46-32)36-20-26-10-8-12-34(26)48(36)40(50)52-42(4,5)6/h13-18,21-22,25-26,33-36H,7-12,19-20H2,1-6H3,(H,43,45)(H,44,46)/t25-,26-,33-,34-,35-,36-/m0/s1. The van der Waals surface area contributed by atoms with Gasteiger partial charge in [-0.05, 0) is 125 Å². The minimum Gasteiger partial charge on any atom is -0.444 e. The van der Waals surface area contributed by atoms with Crippen molar-refractivity contribution in [1.82, 2.24) is 29.7 Å². The second-order valence-corrected chi connectivity index (χ2v) is 17.7. The first-order valence-electron chi connectivity index (χ1n) is 19.2. The van der Waals surface area contributed by atoms with Crippen molar-refractivity contribution >= 4 is 12.2 Å². The van der Waals surface area contributed by atoms with E-state index in [2.05, 4.69) is 46.4 Å². The van der Waals surface area contributed by atoms with Gasteiger partial charge in [-0.1, -0.05) is 37.1 Å². The number of H-pyrrole nitrogens is 2. The Morgan fingerprint density at radius 3 is 1.46 bits per heavy atom. The van der Waals surface area contributed by atoms with Crippen molar-refractivity contribution in [3.8, 4) is 22.5 Å². The molecule has 2 aromatic carbocycles. The smallest absolute Gasteiger partial charge is 0.411 e. The number of imidazole rings is 2. The molecule has 4 heterocycles. The van der Waals surface area contributed by atoms with Crippen LogP contribution in [-0.2, 0) is 9.47 Å². The fourth-order valence-electron chi connectivity index (χ4n) is 9.80. The van der Waals surface area contributed by atoms with Crippen LogP contribution in [0.25, 0.3) is 22.5 Å². The molecule has 4 aromatic rings. The molecule has 2 saturated carbocycles. The van der Waals surface area contributed by atoms with E-state index < -0.39 is 11.2 Å². The average Bonchev–Trinajstić information content (AvgIpc) is 3.89. The van der Waals surface area contributed by atoms with E-state index in [0.717, 1.165) is 85.5 Å². The highest BCUT2D eigenvalue weighted by Crippen LogP contribution is 2.49. The van der Waals surface area contributed by atoms with Gasteiger partial charge in [0.25, 0.3) is 0 Å². The van der Waals surface area contributed by atoms with Crippen molar-refractivity contribution in [1.29, 1.82) is 0 Å². The number of nitrogens with zero attached hydrogens (tertiary/aromatic N) is 4. The van der Waals surface area contributed by atoms with Crippen LogP contribution in [0.5, 0.6) is 0 Å². The van der Waals surface area contributed by atoms with E-state index in [-0.39, 0.29) is 36.4 Å². The van der Waals surface area contributed by atoms with Crippen LogP contribution in [0.3, 0.4) is 0 Å². The van der Waals surface area contributed by atoms with Gasteiger partial charge in [0, 0.05) is 23.2 Å². The molecule has 2 amide bonds. The Bertz CT molecular complexity index is 2080. The first-order chi connectivity index (χ1) is 24.8. The molecule has 0 spiro atoms. The summed E-state index contributed by atoms with van der Waals surface area (Å²) in [6.45, 7) is 11.5. The molecular weight excluding hydrogens is 652 g/mol. The van der Waals surface area contributed by atoms with E-state index in [1.54, 1.807) is 0 Å². The van der Waals surface area contributed by atoms with Crippen LogP contribution in [0, 0.1) is 32.7 Å². The van der Waals surface area contributed by atoms with Gasteiger partial charge < -0.3 is 19.4 Å². The molecule has 0 bridgehead atoms. The summed E-state index contributed by atoms with van der Waals surface area (Å²) < 4.78 is 11.7. The molecule has 0 radical (unpaired) electrons. The molecule has 3 aliphatic carbocycles. The third-order valence-corrected chi connectivity index (χ3v) is 11.9. The van der Waals surface area contributed by atoms with Crippen molar-refractivity contribution in [2.45, 2.75) is 128 Å². The Balaban J connectivity index is 0.962. The summed E-state index contributed by atoms with van der Waals surface area (Å²) in [5.74, 6) is 2.65. The fourth-order valence-corrected chi connectivity index (χ4v) is 9.80. The lowest BCUT2D eigenvalue weighted by molar-refractivity contribution is 0.0120. The molecule has 2 aromatic heterocycles. The molecule has 272 valence electrons. The Kier molecular flexibility index (Phi) is 7.65. The molecule has 10 nitrogen and oxygen atoms in total. The predicted octanol–water partition coefficient (Wildman–Crippen LogP) is 9.06. The second-order valence-electron chi connectivity index (χ2n) is 17.7. The van der Waals surface area contributed by atoms with Crippen LogP contribution in [0.1, 0.15) is 117 Å². The summed E-state index contributed by atoms with van der Waals surface area (Å²) in [5.41, 5.74) is 2.95. The molecule has 9 rings (SSSR count). The molecule has 4 fully saturated rings. The zero-order valence-corrected chi connectivity index (χ0v) is 31.2. The third kappa shape index (κ3) is 5.69. The van der Waals surface area contributed by atoms with Crippen LogP contribution in [0.2, 0.25) is 0 Å². The van der Waals surface area contributed by atoms with Crippen molar-refractivity contribution in [2.75, 3.05) is 0 Å². The van der Waals surface area contributed by atoms with Gasteiger partial charge in [-0.25, -0.2) is 19.6 Å². The van der Waals surface area contributed by atoms with Crippen LogP contribution < -0.4 is 0 Å². The highest BCUT2D eigenvalue weighted by Gasteiger charge is 2.50. The Morgan fingerprint density at radius 2 is 1.06 bits per heavy atom. The second kappa shape index (κ2) is 12.0. The van der Waals surface area contributed by atoms with Gasteiger partial charge in [-0.2, -0.15) is 0 Å². The number of aromatic nitrogens is 4. The minimum atomic E-state index is -0.545. The van der Waals surface area contributed by atoms with Crippen molar-refractivity contribution < 1.29 is 19.1 Å². The highest BCUT2D eigenvalue weighted by atomic mass is 16.6. The minimum absolute atomic E-state index is 0.110. The molecule has 2 aliphatic heterocycles. The maximum Gasteiger partial charge on any atom is 0.411 e. The number of aromatic amines is 2. The van der Waals surface area contributed by atoms with Crippen molar-refractivity contribution in [2.24, 2.45) is 11.8 Å². The fraction of sp³-hybridized carbons (Fsp3) is 0.524. The molecule has 2 N–H and O–H groups in total. The molecule has 10 heteroatoms. The van der Waals surface area contributed by atoms with Crippen molar-refractivity contribution in [3.63, 3.8) is 0 Å². The van der Waals surface area contributed by atoms with Gasteiger partial charge in [0.05, 0.1) is 35.9 Å². The number of ether oxygens (including phenoxy) is 2. The Morgan fingerprint density at radius 1 is 0.635 bits per heavy atom. The van der Waals surface area contributed by atoms with Crippen LogP contribution in [-0.4, -0.2) is 65.2 Å². The lowest BCUT2D eigenvalue weighted by Gasteiger charge is -2.31. The molecule has 0 unspecified atom stereocenters. The Hall–Kier alpha value is -4.60. The zero-order valence-electron chi connectivity index (χ0n) is 31.2. The number of hydrogen-bond donors (Lipinski definition) is 2. The number of rotatable bonds is 4. The number of nitrogens with one attached hydrogen (secondary N) is 2. The van der Waals surface area contributed by atoms with Gasteiger partial charge in [-0.3, -0.25) is 9.80 Å². The summed E-state index contributed by atoms with van der Waals surface area (Å²) >= 11 is 0. The number of fused-ring (bicyclic) bond motifs is 4. The SMILES string of the molecule is CC(C)(C)OC(=O)N1[C@H](c2ncc(-c3ccc4c(c3)=c3ccc(-c5cnc([C@@H]6C[C@@H]7CCC[C@@H]7N6C(=O)OC(C)(C)C)[nH]5)cc3=4)[nH]2)C[C@@H]2CCC[C@@H]21. The van der Waals surface area contributed by atoms with E-state index in [9.17, 15) is 9.59 Å². The van der Waals surface area contributed by atoms with Gasteiger partial charge in [0.2, 0.25) is 0 Å². The van der Waals surface area contributed by atoms with E-state index in [1.165, 1.54) is 20.9 Å². The highest BCUT2D eigenvalue weighted by molar-refractivity contribution is 5.71. The quantitative estimate of drug-likeness (QED) is 0.193. The van der Waals surface area contributed by atoms with Crippen molar-refractivity contribution in [3.05, 3.63) is 81.3 Å². The summed E-state index contributed by atoms with van der Waals surface area (Å²) in [7, 11) is 0. The number of amides is 2. The van der Waals surface area contributed by atoms with Crippen LogP contribution >= 0.6 is 0 Å². The lowest BCUT2D eigenvalue weighted by Crippen LogP contribution is -2.41. The van der Waals surface area contributed by atoms with E-state index in [4.69, 9.17) is 19.4 Å². The number of benzene rings is 2. The monoisotopic (exact) mass is 702 g/mol. The summed E-state index contributed by atoms with van der Waals surface area (Å²) in [5, 5.41) is 4.88. The topological polar surface area (TPSA) is 116 Å². The predicted molar refractivity (Wildman–Crippen MR) is 197 cm³/mol. The number of hydrogen-bond acceptors (Lipinski definition) is 6. The summed E-state index contributed by atoms with van der Waals surface area (Å²) in [6, 6.07) is 13.4. The largest absolute Gasteiger partial charge is 0.444 e. The summed E-state index contributed by atoms with van der Waals surface area (Å²) in [4.78, 5) is 47.6. The number of carbonyl (C=O) groups is 2. The maximum atomic E-state index is 13.4. The zero-order chi connectivity index (χ0) is 36.1. The van der Waals surface area contributed by atoms with Gasteiger partial charge in [-0.15, -0.1) is 0 Å². The van der Waals surface area contributed by atoms with E-state index in [0.29, 0.717) is 11.8 Å². The van der Waals surface area contributed by atoms with Crippen LogP contribution in [0.15, 0.2) is 48.8 Å². The summed E-state index contributed by atoms with van der Waals surface area (Å²) in [6.07, 6.45) is 11.8. The average molecular weight is 703 g/mol. The van der Waals surface area contributed by atoms with Crippen LogP contribution in [0.4, 0.5) is 9.59 Å². The normalized spacial score (nSPS) is 26.1. The Labute approximate surface area is 304 Å². The van der Waals surface area contributed by atoms with Gasteiger partial charge in [0.1, 0.15) is 22.9 Å². The molecule has 5 aliphatic rings. The first kappa shape index (κ1) is 33.3. The molecule has 2 saturated heterocycles. The molecule has 6 atom stereocenters.